The maximum absolute atomic E-state index is 12.0. The molecule has 2 aliphatic rings. The van der Waals surface area contributed by atoms with Crippen LogP contribution in [0.2, 0.25) is 0 Å². The Balaban J connectivity index is 2.16. The quantitative estimate of drug-likeness (QED) is 0.515. The first-order chi connectivity index (χ1) is 6.82. The molecule has 1 aliphatic heterocycles. The van der Waals surface area contributed by atoms with Gasteiger partial charge in [0, 0.05) is 11.4 Å². The molecule has 0 unspecified atom stereocenters. The van der Waals surface area contributed by atoms with Gasteiger partial charge in [0.15, 0.2) is 0 Å². The molecule has 0 N–H and O–H groups in total. The minimum absolute atomic E-state index is 0.0796. The second-order valence-corrected chi connectivity index (χ2v) is 10.5. The van der Waals surface area contributed by atoms with Crippen molar-refractivity contribution in [1.82, 2.24) is 0 Å². The summed E-state index contributed by atoms with van der Waals surface area (Å²) in [6.07, 6.45) is 3.42. The Morgan fingerprint density at radius 1 is 1.67 bits per heavy atom. The summed E-state index contributed by atoms with van der Waals surface area (Å²) in [6.45, 7) is 7.66. The summed E-state index contributed by atoms with van der Waals surface area (Å²) in [5.41, 5.74) is 1.24. The zero-order chi connectivity index (χ0) is 11.3. The van der Waals surface area contributed by atoms with Crippen molar-refractivity contribution in [2.75, 3.05) is 6.66 Å². The van der Waals surface area contributed by atoms with Gasteiger partial charge in [0.05, 0.1) is 6.10 Å². The third-order valence-corrected chi connectivity index (χ3v) is 7.92. The Morgan fingerprint density at radius 2 is 2.33 bits per heavy atom. The van der Waals surface area contributed by atoms with E-state index in [9.17, 15) is 4.57 Å². The van der Waals surface area contributed by atoms with E-state index < -0.39 is 6.57 Å². The van der Waals surface area contributed by atoms with Crippen LogP contribution >= 0.6 is 18.0 Å². The highest BCUT2D eigenvalue weighted by atomic mass is 32.7. The average molecular weight is 246 g/mol. The fourth-order valence-electron chi connectivity index (χ4n) is 2.59. The maximum Gasteiger partial charge on any atom is 0.255 e. The van der Waals surface area contributed by atoms with Gasteiger partial charge in [-0.1, -0.05) is 23.5 Å². The SMILES string of the molecule is C=C(C)[C@@H]1CC[C@]2(C)S[P@@](C)(=O)O[C@H]2C1. The zero-order valence-electron chi connectivity index (χ0n) is 9.66. The molecule has 0 bridgehead atoms. The Kier molecular flexibility index (Phi) is 2.86. The molecule has 0 radical (unpaired) electrons. The van der Waals surface area contributed by atoms with Crippen LogP contribution in [-0.4, -0.2) is 17.5 Å². The first kappa shape index (κ1) is 11.8. The first-order valence-corrected chi connectivity index (χ1v) is 8.94. The molecular formula is C11H19O2PS. The Bertz CT molecular complexity index is 341. The van der Waals surface area contributed by atoms with Crippen molar-refractivity contribution in [3.8, 4) is 0 Å². The second kappa shape index (κ2) is 3.65. The minimum Gasteiger partial charge on any atom is -0.316 e. The molecule has 2 nitrogen and oxygen atoms in total. The predicted octanol–water partition coefficient (Wildman–Crippen LogP) is 4.08. The fourth-order valence-corrected chi connectivity index (χ4v) is 8.05. The lowest BCUT2D eigenvalue weighted by Crippen LogP contribution is -2.39. The van der Waals surface area contributed by atoms with Gasteiger partial charge in [-0.2, -0.15) is 0 Å². The highest BCUT2D eigenvalue weighted by Gasteiger charge is 2.52. The number of hydrogen-bond donors (Lipinski definition) is 0. The van der Waals surface area contributed by atoms with E-state index >= 15 is 0 Å². The Labute approximate surface area is 96.0 Å². The number of hydrogen-bond acceptors (Lipinski definition) is 3. The van der Waals surface area contributed by atoms with Gasteiger partial charge in [0.2, 0.25) is 0 Å². The third kappa shape index (κ3) is 2.20. The third-order valence-electron chi connectivity index (χ3n) is 3.56. The van der Waals surface area contributed by atoms with E-state index in [4.69, 9.17) is 4.52 Å². The van der Waals surface area contributed by atoms with E-state index in [1.807, 2.05) is 0 Å². The first-order valence-electron chi connectivity index (χ1n) is 5.44. The summed E-state index contributed by atoms with van der Waals surface area (Å²) in [6, 6.07) is 0. The van der Waals surface area contributed by atoms with Gasteiger partial charge in [-0.15, -0.1) is 0 Å². The van der Waals surface area contributed by atoms with Gasteiger partial charge in [-0.3, -0.25) is 4.57 Å². The standard InChI is InChI=1S/C11H19O2PS/c1-8(2)9-5-6-11(3)10(7-9)13-14(4,12)15-11/h9-10H,1,5-7H2,2-4H3/t9-,10+,11+,14+/m1/s1. The summed E-state index contributed by atoms with van der Waals surface area (Å²) in [5, 5.41) is 0. The fraction of sp³-hybridized carbons (Fsp3) is 0.818. The summed E-state index contributed by atoms with van der Waals surface area (Å²) in [7, 11) is 0. The zero-order valence-corrected chi connectivity index (χ0v) is 11.4. The smallest absolute Gasteiger partial charge is 0.255 e. The molecule has 4 heteroatoms. The monoisotopic (exact) mass is 246 g/mol. The normalized spacial score (nSPS) is 50.1. The van der Waals surface area contributed by atoms with Crippen LogP contribution < -0.4 is 0 Å². The lowest BCUT2D eigenvalue weighted by Gasteiger charge is -2.37. The Morgan fingerprint density at radius 3 is 2.93 bits per heavy atom. The van der Waals surface area contributed by atoms with Crippen LogP contribution in [0.15, 0.2) is 12.2 Å². The molecule has 2 rings (SSSR count). The van der Waals surface area contributed by atoms with Crippen molar-refractivity contribution >= 4 is 18.0 Å². The molecule has 0 aromatic rings. The van der Waals surface area contributed by atoms with E-state index in [0.29, 0.717) is 5.92 Å². The van der Waals surface area contributed by atoms with Gasteiger partial charge in [-0.25, -0.2) is 0 Å². The lowest BCUT2D eigenvalue weighted by atomic mass is 9.77. The summed E-state index contributed by atoms with van der Waals surface area (Å²) in [5.74, 6) is 0.557. The summed E-state index contributed by atoms with van der Waals surface area (Å²) < 4.78 is 17.8. The largest absolute Gasteiger partial charge is 0.316 e. The van der Waals surface area contributed by atoms with Crippen molar-refractivity contribution in [3.63, 3.8) is 0 Å². The van der Waals surface area contributed by atoms with Crippen LogP contribution in [0.1, 0.15) is 33.1 Å². The van der Waals surface area contributed by atoms with E-state index in [1.54, 1.807) is 18.0 Å². The Hall–Kier alpha value is 0.280. The molecule has 86 valence electrons. The number of allylic oxidation sites excluding steroid dienone is 1. The van der Waals surface area contributed by atoms with Gasteiger partial charge in [-0.05, 0) is 39.0 Å². The minimum atomic E-state index is -2.38. The van der Waals surface area contributed by atoms with E-state index in [-0.39, 0.29) is 10.9 Å². The van der Waals surface area contributed by atoms with E-state index in [2.05, 4.69) is 20.4 Å². The highest BCUT2D eigenvalue weighted by Crippen LogP contribution is 2.72. The van der Waals surface area contributed by atoms with E-state index in [0.717, 1.165) is 12.8 Å². The lowest BCUT2D eigenvalue weighted by molar-refractivity contribution is 0.120. The maximum atomic E-state index is 12.0. The molecule has 0 spiro atoms. The van der Waals surface area contributed by atoms with Crippen molar-refractivity contribution in [3.05, 3.63) is 12.2 Å². The van der Waals surface area contributed by atoms with Crippen molar-refractivity contribution < 1.29 is 9.09 Å². The second-order valence-electron chi connectivity index (χ2n) is 5.09. The predicted molar refractivity (Wildman–Crippen MR) is 66.6 cm³/mol. The molecule has 1 saturated heterocycles. The molecule has 0 aromatic carbocycles. The molecule has 0 amide bonds. The number of rotatable bonds is 1. The molecule has 2 fully saturated rings. The molecule has 0 aromatic heterocycles. The number of fused-ring (bicyclic) bond motifs is 1. The summed E-state index contributed by atoms with van der Waals surface area (Å²) >= 11 is 1.57. The van der Waals surface area contributed by atoms with Crippen LogP contribution in [0.4, 0.5) is 0 Å². The molecular weight excluding hydrogens is 227 g/mol. The molecule has 1 aliphatic carbocycles. The van der Waals surface area contributed by atoms with Crippen LogP contribution in [0, 0.1) is 5.92 Å². The molecule has 4 atom stereocenters. The molecule has 1 heterocycles. The van der Waals surface area contributed by atoms with Gasteiger partial charge >= 0.3 is 0 Å². The average Bonchev–Trinajstić information content (AvgIpc) is 2.31. The highest BCUT2D eigenvalue weighted by molar-refractivity contribution is 8.57. The summed E-state index contributed by atoms with van der Waals surface area (Å²) in [4.78, 5) is 0. The van der Waals surface area contributed by atoms with Gasteiger partial charge in [0.25, 0.3) is 6.57 Å². The van der Waals surface area contributed by atoms with Crippen molar-refractivity contribution in [2.24, 2.45) is 5.92 Å². The topological polar surface area (TPSA) is 26.3 Å². The van der Waals surface area contributed by atoms with Gasteiger partial charge < -0.3 is 4.52 Å². The van der Waals surface area contributed by atoms with Crippen LogP contribution in [0.5, 0.6) is 0 Å². The van der Waals surface area contributed by atoms with E-state index in [1.165, 1.54) is 12.0 Å². The van der Waals surface area contributed by atoms with Crippen LogP contribution in [-0.2, 0) is 9.09 Å². The van der Waals surface area contributed by atoms with Crippen molar-refractivity contribution in [1.29, 1.82) is 0 Å². The van der Waals surface area contributed by atoms with Crippen LogP contribution in [0.3, 0.4) is 0 Å². The molecule has 15 heavy (non-hydrogen) atoms. The van der Waals surface area contributed by atoms with Crippen molar-refractivity contribution in [2.45, 2.75) is 44.0 Å². The molecule has 1 saturated carbocycles. The van der Waals surface area contributed by atoms with Crippen LogP contribution in [0.25, 0.3) is 0 Å². The van der Waals surface area contributed by atoms with Gasteiger partial charge in [0.1, 0.15) is 0 Å².